The number of benzene rings is 9. The molecule has 55 heavy (non-hydrogen) atoms. The number of nitrogens with zero attached hydrogens (tertiary/aromatic N) is 1. The summed E-state index contributed by atoms with van der Waals surface area (Å²) in [6.07, 6.45) is 0. The first-order valence-corrected chi connectivity index (χ1v) is 18.8. The fourth-order valence-corrected chi connectivity index (χ4v) is 7.34. The van der Waals surface area contributed by atoms with E-state index in [0.29, 0.717) is 0 Å². The molecule has 0 N–H and O–H groups in total. The number of anilines is 3. The molecule has 0 aliphatic carbocycles. The third-order valence-electron chi connectivity index (χ3n) is 10.3. The summed E-state index contributed by atoms with van der Waals surface area (Å²) in [5, 5.41) is 0. The predicted molar refractivity (Wildman–Crippen MR) is 234 cm³/mol. The first kappa shape index (κ1) is 33.6. The Kier molecular flexibility index (Phi) is 9.41. The van der Waals surface area contributed by atoms with Crippen molar-refractivity contribution in [2.24, 2.45) is 0 Å². The molecule has 0 spiro atoms. The smallest absolute Gasteiger partial charge is 0.0462 e. The van der Waals surface area contributed by atoms with Gasteiger partial charge in [0, 0.05) is 17.1 Å². The van der Waals surface area contributed by atoms with Crippen LogP contribution in [-0.4, -0.2) is 0 Å². The summed E-state index contributed by atoms with van der Waals surface area (Å²) < 4.78 is 0. The molecule has 260 valence electrons. The highest BCUT2D eigenvalue weighted by molar-refractivity contribution is 5.82. The Hall–Kier alpha value is -7.22. The Morgan fingerprint density at radius 3 is 0.655 bits per heavy atom. The summed E-state index contributed by atoms with van der Waals surface area (Å²) >= 11 is 0. The fourth-order valence-electron chi connectivity index (χ4n) is 7.34. The predicted octanol–water partition coefficient (Wildman–Crippen LogP) is 15.2. The molecule has 1 heteroatoms. The van der Waals surface area contributed by atoms with Crippen molar-refractivity contribution in [3.63, 3.8) is 0 Å². The Bertz CT molecular complexity index is 2480. The maximum atomic E-state index is 2.34. The van der Waals surface area contributed by atoms with Crippen LogP contribution in [0.15, 0.2) is 237 Å². The summed E-state index contributed by atoms with van der Waals surface area (Å²) in [5.74, 6) is 0. The molecular formula is C54H39N. The number of rotatable bonds is 9. The van der Waals surface area contributed by atoms with E-state index in [4.69, 9.17) is 0 Å². The fraction of sp³-hybridized carbons (Fsp3) is 0. The van der Waals surface area contributed by atoms with Gasteiger partial charge >= 0.3 is 0 Å². The molecule has 0 aliphatic rings. The van der Waals surface area contributed by atoms with Gasteiger partial charge in [0.05, 0.1) is 0 Å². The van der Waals surface area contributed by atoms with Gasteiger partial charge in [0.25, 0.3) is 0 Å². The van der Waals surface area contributed by atoms with E-state index in [2.05, 4.69) is 241 Å². The van der Waals surface area contributed by atoms with Crippen LogP contribution in [0.1, 0.15) is 0 Å². The molecule has 0 atom stereocenters. The zero-order chi connectivity index (χ0) is 36.8. The Morgan fingerprint density at radius 1 is 0.164 bits per heavy atom. The molecule has 0 saturated heterocycles. The van der Waals surface area contributed by atoms with E-state index < -0.39 is 0 Å². The third kappa shape index (κ3) is 7.38. The Labute approximate surface area is 324 Å². The SMILES string of the molecule is c1ccc(-c2ccc(-c3ccc(N(c4ccc(-c5ccc(-c6ccccc6)cc5)cc4)c4ccc(-c5cccc(-c6ccccc6)c5)cc4)cc3)cc2)cc1. The molecule has 0 bridgehead atoms. The monoisotopic (exact) mass is 701 g/mol. The maximum absolute atomic E-state index is 2.34. The Morgan fingerprint density at radius 2 is 0.364 bits per heavy atom. The average molecular weight is 702 g/mol. The van der Waals surface area contributed by atoms with E-state index >= 15 is 0 Å². The Balaban J connectivity index is 1.03. The van der Waals surface area contributed by atoms with E-state index in [0.717, 1.165) is 17.1 Å². The van der Waals surface area contributed by atoms with Gasteiger partial charge in [0.15, 0.2) is 0 Å². The standard InChI is InChI=1S/C54H39N/c1-4-11-40(12-5-1)43-19-23-45(24-20-43)47-27-33-52(34-28-47)55(53-35-29-48(30-36-53)46-25-21-44(22-26-46)41-13-6-2-7-14-41)54-37-31-49(32-38-54)51-18-10-17-50(39-51)42-15-8-3-9-16-42/h1-39H. The molecule has 9 rings (SSSR count). The lowest BCUT2D eigenvalue weighted by Gasteiger charge is -2.26. The van der Waals surface area contributed by atoms with Gasteiger partial charge in [-0.3, -0.25) is 0 Å². The molecule has 0 unspecified atom stereocenters. The van der Waals surface area contributed by atoms with E-state index in [9.17, 15) is 0 Å². The summed E-state index contributed by atoms with van der Waals surface area (Å²) in [6.45, 7) is 0. The lowest BCUT2D eigenvalue weighted by molar-refractivity contribution is 1.28. The molecule has 0 aliphatic heterocycles. The van der Waals surface area contributed by atoms with Gasteiger partial charge in [-0.15, -0.1) is 0 Å². The van der Waals surface area contributed by atoms with E-state index in [-0.39, 0.29) is 0 Å². The van der Waals surface area contributed by atoms with Crippen molar-refractivity contribution >= 4 is 17.1 Å². The van der Waals surface area contributed by atoms with Gasteiger partial charge < -0.3 is 4.90 Å². The van der Waals surface area contributed by atoms with Gasteiger partial charge in [-0.1, -0.05) is 194 Å². The van der Waals surface area contributed by atoms with Crippen molar-refractivity contribution in [1.29, 1.82) is 0 Å². The van der Waals surface area contributed by atoms with E-state index in [1.165, 1.54) is 66.8 Å². The highest BCUT2D eigenvalue weighted by Gasteiger charge is 2.14. The molecular weight excluding hydrogens is 663 g/mol. The minimum absolute atomic E-state index is 1.10. The van der Waals surface area contributed by atoms with Gasteiger partial charge in [0.1, 0.15) is 0 Å². The van der Waals surface area contributed by atoms with Crippen molar-refractivity contribution in [1.82, 2.24) is 0 Å². The molecule has 0 heterocycles. The molecule has 0 radical (unpaired) electrons. The lowest BCUT2D eigenvalue weighted by Crippen LogP contribution is -2.09. The summed E-state index contributed by atoms with van der Waals surface area (Å²) in [6, 6.07) is 84.9. The zero-order valence-corrected chi connectivity index (χ0v) is 30.5. The van der Waals surface area contributed by atoms with Crippen LogP contribution in [0, 0.1) is 0 Å². The van der Waals surface area contributed by atoms with Crippen LogP contribution < -0.4 is 4.90 Å². The molecule has 0 saturated carbocycles. The minimum atomic E-state index is 1.10. The van der Waals surface area contributed by atoms with Crippen LogP contribution in [0.4, 0.5) is 17.1 Å². The largest absolute Gasteiger partial charge is 0.311 e. The van der Waals surface area contributed by atoms with Gasteiger partial charge in [-0.2, -0.15) is 0 Å². The zero-order valence-electron chi connectivity index (χ0n) is 30.5. The number of hydrogen-bond donors (Lipinski definition) is 0. The molecule has 9 aromatic rings. The minimum Gasteiger partial charge on any atom is -0.311 e. The topological polar surface area (TPSA) is 3.24 Å². The molecule has 9 aromatic carbocycles. The van der Waals surface area contributed by atoms with Gasteiger partial charge in [0.2, 0.25) is 0 Å². The van der Waals surface area contributed by atoms with Crippen molar-refractivity contribution in [3.8, 4) is 66.8 Å². The van der Waals surface area contributed by atoms with E-state index in [1.807, 2.05) is 0 Å². The maximum Gasteiger partial charge on any atom is 0.0462 e. The van der Waals surface area contributed by atoms with Crippen molar-refractivity contribution in [2.45, 2.75) is 0 Å². The van der Waals surface area contributed by atoms with Crippen molar-refractivity contribution < 1.29 is 0 Å². The molecule has 0 aromatic heterocycles. The van der Waals surface area contributed by atoms with E-state index in [1.54, 1.807) is 0 Å². The second kappa shape index (κ2) is 15.4. The van der Waals surface area contributed by atoms with Crippen LogP contribution in [-0.2, 0) is 0 Å². The van der Waals surface area contributed by atoms with Gasteiger partial charge in [-0.05, 0) is 109 Å². The first-order chi connectivity index (χ1) is 27.2. The normalized spacial score (nSPS) is 10.9. The van der Waals surface area contributed by atoms with Gasteiger partial charge in [-0.25, -0.2) is 0 Å². The third-order valence-corrected chi connectivity index (χ3v) is 10.3. The van der Waals surface area contributed by atoms with Crippen molar-refractivity contribution in [3.05, 3.63) is 237 Å². The molecule has 0 amide bonds. The number of hydrogen-bond acceptors (Lipinski definition) is 1. The average Bonchev–Trinajstić information content (AvgIpc) is 3.28. The van der Waals surface area contributed by atoms with Crippen LogP contribution in [0.5, 0.6) is 0 Å². The van der Waals surface area contributed by atoms with Crippen LogP contribution in [0.2, 0.25) is 0 Å². The lowest BCUT2D eigenvalue weighted by atomic mass is 9.98. The summed E-state index contributed by atoms with van der Waals surface area (Å²) in [7, 11) is 0. The summed E-state index contributed by atoms with van der Waals surface area (Å²) in [4.78, 5) is 2.34. The highest BCUT2D eigenvalue weighted by atomic mass is 15.1. The van der Waals surface area contributed by atoms with Crippen molar-refractivity contribution in [2.75, 3.05) is 4.90 Å². The quantitative estimate of drug-likeness (QED) is 0.145. The highest BCUT2D eigenvalue weighted by Crippen LogP contribution is 2.38. The second-order valence-corrected chi connectivity index (χ2v) is 13.8. The van der Waals surface area contributed by atoms with Crippen LogP contribution in [0.25, 0.3) is 66.8 Å². The molecule has 0 fully saturated rings. The molecule has 1 nitrogen and oxygen atoms in total. The second-order valence-electron chi connectivity index (χ2n) is 13.8. The van der Waals surface area contributed by atoms with Crippen LogP contribution >= 0.6 is 0 Å². The van der Waals surface area contributed by atoms with Crippen LogP contribution in [0.3, 0.4) is 0 Å². The summed E-state index contributed by atoms with van der Waals surface area (Å²) in [5.41, 5.74) is 17.8. The first-order valence-electron chi connectivity index (χ1n) is 18.8.